The van der Waals surface area contributed by atoms with E-state index in [2.05, 4.69) is 14.4 Å². The van der Waals surface area contributed by atoms with Crippen LogP contribution in [0.15, 0.2) is 27.9 Å². The third-order valence-electron chi connectivity index (χ3n) is 2.33. The zero-order valence-electron chi connectivity index (χ0n) is 8.89. The molecule has 0 spiro atoms. The van der Waals surface area contributed by atoms with Crippen LogP contribution in [0.25, 0.3) is 10.9 Å². The lowest BCUT2D eigenvalue weighted by atomic mass is 10.1. The standard InChI is InChI=1S/C10H10N2O4S/c1-5-2-10(13)12-8-4-7(11)9(3-6(5)8)17-16-15-14/h2-4,14H,11H2,1H3,(H,12,13). The first-order chi connectivity index (χ1) is 8.11. The molecule has 1 heterocycles. The molecule has 17 heavy (non-hydrogen) atoms. The summed E-state index contributed by atoms with van der Waals surface area (Å²) < 4.78 is 4.33. The summed E-state index contributed by atoms with van der Waals surface area (Å²) in [6.07, 6.45) is 0. The molecule has 6 nitrogen and oxygen atoms in total. The highest BCUT2D eigenvalue weighted by Crippen LogP contribution is 2.30. The Kier molecular flexibility index (Phi) is 3.34. The van der Waals surface area contributed by atoms with E-state index in [0.29, 0.717) is 16.1 Å². The minimum atomic E-state index is -0.176. The van der Waals surface area contributed by atoms with Gasteiger partial charge in [-0.2, -0.15) is 0 Å². The molecule has 4 N–H and O–H groups in total. The third-order valence-corrected chi connectivity index (χ3v) is 3.00. The van der Waals surface area contributed by atoms with Crippen LogP contribution in [0.1, 0.15) is 5.56 Å². The maximum absolute atomic E-state index is 11.3. The van der Waals surface area contributed by atoms with Crippen molar-refractivity contribution in [3.8, 4) is 0 Å². The van der Waals surface area contributed by atoms with E-state index in [9.17, 15) is 4.79 Å². The predicted molar refractivity (Wildman–Crippen MR) is 64.4 cm³/mol. The van der Waals surface area contributed by atoms with Crippen molar-refractivity contribution in [1.29, 1.82) is 0 Å². The second-order valence-electron chi connectivity index (χ2n) is 3.48. The van der Waals surface area contributed by atoms with Gasteiger partial charge < -0.3 is 10.7 Å². The van der Waals surface area contributed by atoms with E-state index in [0.717, 1.165) is 23.0 Å². The molecule has 0 atom stereocenters. The van der Waals surface area contributed by atoms with E-state index < -0.39 is 0 Å². The summed E-state index contributed by atoms with van der Waals surface area (Å²) in [5.41, 5.74) is 7.49. The number of nitrogen functional groups attached to an aromatic ring is 1. The summed E-state index contributed by atoms with van der Waals surface area (Å²) in [5, 5.41) is 12.5. The smallest absolute Gasteiger partial charge is 0.248 e. The van der Waals surface area contributed by atoms with Crippen LogP contribution in [0, 0.1) is 6.92 Å². The van der Waals surface area contributed by atoms with Crippen molar-refractivity contribution in [2.75, 3.05) is 5.73 Å². The number of H-pyrrole nitrogens is 1. The molecule has 0 saturated heterocycles. The Bertz CT molecular complexity index is 611. The van der Waals surface area contributed by atoms with Crippen LogP contribution < -0.4 is 11.3 Å². The number of aryl methyl sites for hydroxylation is 1. The van der Waals surface area contributed by atoms with Gasteiger partial charge in [0.15, 0.2) is 0 Å². The Morgan fingerprint density at radius 1 is 1.41 bits per heavy atom. The van der Waals surface area contributed by atoms with Crippen LogP contribution in [0.2, 0.25) is 0 Å². The zero-order chi connectivity index (χ0) is 12.4. The van der Waals surface area contributed by atoms with Gasteiger partial charge >= 0.3 is 0 Å². The number of hydrogen-bond acceptors (Lipinski definition) is 6. The predicted octanol–water partition coefficient (Wildman–Crippen LogP) is 1.85. The van der Waals surface area contributed by atoms with E-state index in [1.54, 1.807) is 12.1 Å². The Morgan fingerprint density at radius 2 is 2.18 bits per heavy atom. The monoisotopic (exact) mass is 254 g/mol. The van der Waals surface area contributed by atoms with Crippen LogP contribution in [-0.4, -0.2) is 10.2 Å². The SMILES string of the molecule is Cc1cc(=O)[nH]c2cc(N)c(SOOO)cc12. The lowest BCUT2D eigenvalue weighted by molar-refractivity contribution is -0.432. The van der Waals surface area contributed by atoms with E-state index >= 15 is 0 Å². The molecule has 90 valence electrons. The van der Waals surface area contributed by atoms with Gasteiger partial charge in [0.25, 0.3) is 0 Å². The van der Waals surface area contributed by atoms with Gasteiger partial charge in [0.1, 0.15) is 0 Å². The van der Waals surface area contributed by atoms with Gasteiger partial charge in [-0.05, 0) is 24.6 Å². The van der Waals surface area contributed by atoms with Crippen molar-refractivity contribution in [3.63, 3.8) is 0 Å². The highest BCUT2D eigenvalue weighted by atomic mass is 32.2. The number of aromatic nitrogens is 1. The summed E-state index contributed by atoms with van der Waals surface area (Å²) in [4.78, 5) is 14.6. The van der Waals surface area contributed by atoms with Crippen molar-refractivity contribution < 1.29 is 14.6 Å². The quantitative estimate of drug-likeness (QED) is 0.334. The fraction of sp³-hybridized carbons (Fsp3) is 0.100. The molecular weight excluding hydrogens is 244 g/mol. The van der Waals surface area contributed by atoms with Gasteiger partial charge in [-0.3, -0.25) is 4.79 Å². The van der Waals surface area contributed by atoms with E-state index in [-0.39, 0.29) is 5.56 Å². The second kappa shape index (κ2) is 4.76. The van der Waals surface area contributed by atoms with Crippen LogP contribution in [0.5, 0.6) is 0 Å². The molecule has 0 fully saturated rings. The van der Waals surface area contributed by atoms with Crippen LogP contribution in [0.3, 0.4) is 0 Å². The minimum absolute atomic E-state index is 0.176. The largest absolute Gasteiger partial charge is 0.398 e. The molecule has 2 rings (SSSR count). The third kappa shape index (κ3) is 2.42. The summed E-state index contributed by atoms with van der Waals surface area (Å²) in [5.74, 6) is 0. The van der Waals surface area contributed by atoms with Crippen LogP contribution in [0.4, 0.5) is 5.69 Å². The number of nitrogens with one attached hydrogen (secondary N) is 1. The molecule has 0 aliphatic heterocycles. The summed E-state index contributed by atoms with van der Waals surface area (Å²) in [7, 11) is 0. The van der Waals surface area contributed by atoms with Crippen molar-refractivity contribution in [2.45, 2.75) is 11.8 Å². The highest BCUT2D eigenvalue weighted by Gasteiger charge is 2.07. The summed E-state index contributed by atoms with van der Waals surface area (Å²) in [6.45, 7) is 1.83. The van der Waals surface area contributed by atoms with Gasteiger partial charge in [0.2, 0.25) is 5.56 Å². The Hall–Kier alpha value is -1.54. The number of fused-ring (bicyclic) bond motifs is 1. The van der Waals surface area contributed by atoms with Crippen molar-refractivity contribution in [3.05, 3.63) is 34.1 Å². The first kappa shape index (κ1) is 11.9. The maximum Gasteiger partial charge on any atom is 0.248 e. The average Bonchev–Trinajstić information content (AvgIpc) is 2.26. The summed E-state index contributed by atoms with van der Waals surface area (Å²) in [6, 6.07) is 4.88. The maximum atomic E-state index is 11.3. The first-order valence-electron chi connectivity index (χ1n) is 4.69. The molecule has 0 amide bonds. The molecule has 7 heteroatoms. The number of anilines is 1. The fourth-order valence-electron chi connectivity index (χ4n) is 1.59. The molecule has 1 aromatic heterocycles. The fourth-order valence-corrected chi connectivity index (χ4v) is 2.02. The van der Waals surface area contributed by atoms with Crippen molar-refractivity contribution in [2.24, 2.45) is 0 Å². The minimum Gasteiger partial charge on any atom is -0.398 e. The van der Waals surface area contributed by atoms with E-state index in [4.69, 9.17) is 11.0 Å². The molecule has 0 aliphatic carbocycles. The van der Waals surface area contributed by atoms with Gasteiger partial charge in [-0.15, -0.1) is 4.33 Å². The van der Waals surface area contributed by atoms with Crippen molar-refractivity contribution >= 4 is 28.6 Å². The lowest BCUT2D eigenvalue weighted by Gasteiger charge is -2.07. The number of benzene rings is 1. The molecule has 0 radical (unpaired) electrons. The number of hydrogen-bond donors (Lipinski definition) is 3. The van der Waals surface area contributed by atoms with E-state index in [1.165, 1.54) is 6.07 Å². The lowest BCUT2D eigenvalue weighted by Crippen LogP contribution is -2.05. The van der Waals surface area contributed by atoms with Gasteiger partial charge in [-0.1, -0.05) is 5.04 Å². The van der Waals surface area contributed by atoms with Gasteiger partial charge in [-0.25, -0.2) is 5.26 Å². The molecule has 0 aliphatic rings. The highest BCUT2D eigenvalue weighted by molar-refractivity contribution is 7.94. The number of pyridine rings is 1. The van der Waals surface area contributed by atoms with Crippen LogP contribution >= 0.6 is 12.0 Å². The average molecular weight is 254 g/mol. The molecular formula is C10H10N2O4S. The Balaban J connectivity index is 2.59. The number of aromatic amines is 1. The van der Waals surface area contributed by atoms with E-state index in [1.807, 2.05) is 6.92 Å². The van der Waals surface area contributed by atoms with Gasteiger partial charge in [0, 0.05) is 17.1 Å². The Morgan fingerprint density at radius 3 is 2.88 bits per heavy atom. The first-order valence-corrected chi connectivity index (χ1v) is 5.44. The molecule has 0 saturated carbocycles. The van der Waals surface area contributed by atoms with Crippen molar-refractivity contribution in [1.82, 2.24) is 4.98 Å². The van der Waals surface area contributed by atoms with Gasteiger partial charge in [0.05, 0.1) is 22.5 Å². The number of nitrogens with two attached hydrogens (primary N) is 1. The molecule has 0 bridgehead atoms. The Labute approximate surface area is 100 Å². The second-order valence-corrected chi connectivity index (χ2v) is 4.22. The zero-order valence-corrected chi connectivity index (χ0v) is 9.71. The topological polar surface area (TPSA) is 97.6 Å². The molecule has 1 aromatic carbocycles. The normalized spacial score (nSPS) is 10.9. The molecule has 2 aromatic rings. The number of rotatable bonds is 3. The van der Waals surface area contributed by atoms with Crippen LogP contribution in [-0.2, 0) is 9.37 Å². The summed E-state index contributed by atoms with van der Waals surface area (Å²) >= 11 is 0.786. The molecule has 0 unspecified atom stereocenters.